The van der Waals surface area contributed by atoms with Crippen LogP contribution in [0.2, 0.25) is 0 Å². The molecule has 3 nitrogen and oxygen atoms in total. The molecule has 0 unspecified atom stereocenters. The molecule has 2 aromatic rings. The highest BCUT2D eigenvalue weighted by Crippen LogP contribution is 2.09. The smallest absolute Gasteiger partial charge is 0.0696 e. The van der Waals surface area contributed by atoms with Gasteiger partial charge in [0.25, 0.3) is 0 Å². The fraction of sp³-hybridized carbons (Fsp3) is 0.182. The van der Waals surface area contributed by atoms with Crippen LogP contribution in [0, 0.1) is 0 Å². The van der Waals surface area contributed by atoms with E-state index in [4.69, 9.17) is 5.11 Å². The molecule has 15 heavy (non-hydrogen) atoms. The molecular weight excluding hydrogens is 256 g/mol. The molecule has 0 bridgehead atoms. The Balaban J connectivity index is 2.11. The first-order chi connectivity index (χ1) is 7.28. The Morgan fingerprint density at radius 2 is 2.20 bits per heavy atom. The Bertz CT molecular complexity index is 436. The van der Waals surface area contributed by atoms with Crippen LogP contribution in [0.15, 0.2) is 41.3 Å². The zero-order valence-electron chi connectivity index (χ0n) is 8.10. The van der Waals surface area contributed by atoms with E-state index in [0.717, 1.165) is 22.3 Å². The minimum Gasteiger partial charge on any atom is -0.392 e. The van der Waals surface area contributed by atoms with Crippen molar-refractivity contribution < 1.29 is 5.11 Å². The lowest BCUT2D eigenvalue weighted by Crippen LogP contribution is -1.98. The molecule has 0 atom stereocenters. The van der Waals surface area contributed by atoms with Crippen LogP contribution in [0.25, 0.3) is 0 Å². The highest BCUT2D eigenvalue weighted by molar-refractivity contribution is 9.10. The van der Waals surface area contributed by atoms with Crippen LogP contribution in [0.1, 0.15) is 11.3 Å². The van der Waals surface area contributed by atoms with Crippen molar-refractivity contribution in [3.63, 3.8) is 0 Å². The molecule has 0 aliphatic carbocycles. The minimum absolute atomic E-state index is 0.0841. The maximum atomic E-state index is 8.92. The molecule has 0 aromatic carbocycles. The van der Waals surface area contributed by atoms with Crippen LogP contribution in [-0.2, 0) is 13.2 Å². The van der Waals surface area contributed by atoms with Gasteiger partial charge in [-0.1, -0.05) is 0 Å². The Kier molecular flexibility index (Phi) is 3.18. The van der Waals surface area contributed by atoms with Crippen molar-refractivity contribution in [2.24, 2.45) is 0 Å². The van der Waals surface area contributed by atoms with Gasteiger partial charge in [0.2, 0.25) is 0 Å². The summed E-state index contributed by atoms with van der Waals surface area (Å²) in [6, 6.07) is 5.85. The summed E-state index contributed by atoms with van der Waals surface area (Å²) in [6.07, 6.45) is 5.64. The second kappa shape index (κ2) is 4.59. The van der Waals surface area contributed by atoms with Crippen LogP contribution in [0.5, 0.6) is 0 Å². The Hall–Kier alpha value is -1.13. The number of aromatic nitrogens is 2. The average Bonchev–Trinajstić information content (AvgIpc) is 2.69. The predicted octanol–water partition coefficient (Wildman–Crippen LogP) is 2.19. The summed E-state index contributed by atoms with van der Waals surface area (Å²) < 4.78 is 2.98. The topological polar surface area (TPSA) is 38.0 Å². The fourth-order valence-electron chi connectivity index (χ4n) is 1.37. The van der Waals surface area contributed by atoms with Gasteiger partial charge >= 0.3 is 0 Å². The number of aliphatic hydroxyl groups excluding tert-OH is 1. The zero-order valence-corrected chi connectivity index (χ0v) is 9.68. The number of aliphatic hydroxyl groups is 1. The highest BCUT2D eigenvalue weighted by Gasteiger charge is 1.98. The third kappa shape index (κ3) is 2.67. The third-order valence-corrected chi connectivity index (χ3v) is 2.60. The van der Waals surface area contributed by atoms with Crippen molar-refractivity contribution >= 4 is 15.9 Å². The van der Waals surface area contributed by atoms with Gasteiger partial charge in [-0.3, -0.25) is 4.98 Å². The van der Waals surface area contributed by atoms with Crippen molar-refractivity contribution in [1.82, 2.24) is 9.55 Å². The van der Waals surface area contributed by atoms with Gasteiger partial charge in [0.1, 0.15) is 0 Å². The minimum atomic E-state index is 0.0841. The third-order valence-electron chi connectivity index (χ3n) is 2.13. The standard InChI is InChI=1S/C11H11BrN2O/c12-10-1-2-11(13-5-10)7-14-4-3-9(6-14)8-15/h1-6,15H,7-8H2. The van der Waals surface area contributed by atoms with E-state index < -0.39 is 0 Å². The van der Waals surface area contributed by atoms with E-state index in [-0.39, 0.29) is 6.61 Å². The second-order valence-electron chi connectivity index (χ2n) is 3.32. The second-order valence-corrected chi connectivity index (χ2v) is 4.23. The monoisotopic (exact) mass is 266 g/mol. The maximum Gasteiger partial charge on any atom is 0.0696 e. The quantitative estimate of drug-likeness (QED) is 0.925. The Morgan fingerprint density at radius 3 is 2.80 bits per heavy atom. The first kappa shape index (κ1) is 10.4. The van der Waals surface area contributed by atoms with Crippen molar-refractivity contribution in [2.75, 3.05) is 0 Å². The molecule has 0 fully saturated rings. The van der Waals surface area contributed by atoms with Gasteiger partial charge in [0, 0.05) is 23.1 Å². The lowest BCUT2D eigenvalue weighted by atomic mass is 10.3. The number of hydrogen-bond acceptors (Lipinski definition) is 2. The van der Waals surface area contributed by atoms with Crippen molar-refractivity contribution in [2.45, 2.75) is 13.2 Å². The molecule has 0 saturated heterocycles. The number of hydrogen-bond donors (Lipinski definition) is 1. The van der Waals surface area contributed by atoms with Gasteiger partial charge in [0.05, 0.1) is 18.8 Å². The lowest BCUT2D eigenvalue weighted by molar-refractivity contribution is 0.282. The molecule has 0 radical (unpaired) electrons. The molecule has 1 N–H and O–H groups in total. The van der Waals surface area contributed by atoms with E-state index in [2.05, 4.69) is 20.9 Å². The molecule has 78 valence electrons. The summed E-state index contributed by atoms with van der Waals surface area (Å²) in [5, 5.41) is 8.92. The maximum absolute atomic E-state index is 8.92. The van der Waals surface area contributed by atoms with E-state index in [0.29, 0.717) is 0 Å². The summed E-state index contributed by atoms with van der Waals surface area (Å²) >= 11 is 3.34. The SMILES string of the molecule is OCc1ccn(Cc2ccc(Br)cn2)c1. The fourth-order valence-corrected chi connectivity index (χ4v) is 1.60. The number of pyridine rings is 1. The summed E-state index contributed by atoms with van der Waals surface area (Å²) in [5.74, 6) is 0. The first-order valence-corrected chi connectivity index (χ1v) is 5.43. The van der Waals surface area contributed by atoms with Gasteiger partial charge in [0.15, 0.2) is 0 Å². The van der Waals surface area contributed by atoms with Gasteiger partial charge in [-0.2, -0.15) is 0 Å². The van der Waals surface area contributed by atoms with Gasteiger partial charge < -0.3 is 9.67 Å². The van der Waals surface area contributed by atoms with Crippen molar-refractivity contribution in [3.05, 3.63) is 52.5 Å². The van der Waals surface area contributed by atoms with Gasteiger partial charge in [-0.05, 0) is 39.7 Å². The number of rotatable bonds is 3. The average molecular weight is 267 g/mol. The Labute approximate surface area is 96.5 Å². The van der Waals surface area contributed by atoms with E-state index in [1.165, 1.54) is 0 Å². The summed E-state index contributed by atoms with van der Waals surface area (Å²) in [5.41, 5.74) is 1.92. The lowest BCUT2D eigenvalue weighted by Gasteiger charge is -2.01. The van der Waals surface area contributed by atoms with Crippen LogP contribution < -0.4 is 0 Å². The summed E-state index contributed by atoms with van der Waals surface area (Å²) in [7, 11) is 0. The summed E-state index contributed by atoms with van der Waals surface area (Å²) in [4.78, 5) is 4.28. The number of halogens is 1. The summed E-state index contributed by atoms with van der Waals surface area (Å²) in [6.45, 7) is 0.814. The van der Waals surface area contributed by atoms with Gasteiger partial charge in [-0.25, -0.2) is 0 Å². The van der Waals surface area contributed by atoms with E-state index in [1.54, 1.807) is 6.20 Å². The van der Waals surface area contributed by atoms with Crippen LogP contribution >= 0.6 is 15.9 Å². The molecule has 0 saturated carbocycles. The Morgan fingerprint density at radius 1 is 1.33 bits per heavy atom. The van der Waals surface area contributed by atoms with E-state index in [1.807, 2.05) is 35.2 Å². The van der Waals surface area contributed by atoms with Crippen molar-refractivity contribution in [3.8, 4) is 0 Å². The number of nitrogens with zero attached hydrogens (tertiary/aromatic N) is 2. The van der Waals surface area contributed by atoms with Crippen LogP contribution in [-0.4, -0.2) is 14.7 Å². The highest BCUT2D eigenvalue weighted by atomic mass is 79.9. The molecule has 0 aliphatic rings. The van der Waals surface area contributed by atoms with Gasteiger partial charge in [-0.15, -0.1) is 0 Å². The predicted molar refractivity (Wildman–Crippen MR) is 61.4 cm³/mol. The zero-order chi connectivity index (χ0) is 10.7. The largest absolute Gasteiger partial charge is 0.392 e. The molecule has 2 aromatic heterocycles. The first-order valence-electron chi connectivity index (χ1n) is 4.64. The van der Waals surface area contributed by atoms with E-state index >= 15 is 0 Å². The molecule has 0 spiro atoms. The molecular formula is C11H11BrN2O. The van der Waals surface area contributed by atoms with Crippen LogP contribution in [0.4, 0.5) is 0 Å². The molecule has 0 aliphatic heterocycles. The van der Waals surface area contributed by atoms with E-state index in [9.17, 15) is 0 Å². The molecule has 2 heterocycles. The van der Waals surface area contributed by atoms with Crippen molar-refractivity contribution in [1.29, 1.82) is 0 Å². The normalized spacial score (nSPS) is 10.5. The molecule has 4 heteroatoms. The molecule has 0 amide bonds. The molecule has 2 rings (SSSR count). The van der Waals surface area contributed by atoms with Crippen LogP contribution in [0.3, 0.4) is 0 Å².